The summed E-state index contributed by atoms with van der Waals surface area (Å²) in [5.74, 6) is 1.69. The minimum atomic E-state index is 0.603. The Hall–Kier alpha value is -0.0500. The normalized spacial score (nSPS) is 10.1. The van der Waals surface area contributed by atoms with Gasteiger partial charge in [-0.05, 0) is 24.5 Å². The van der Waals surface area contributed by atoms with Crippen molar-refractivity contribution in [2.24, 2.45) is 0 Å². The van der Waals surface area contributed by atoms with Crippen LogP contribution >= 0.6 is 35.0 Å². The van der Waals surface area contributed by atoms with E-state index in [1.165, 1.54) is 0 Å². The first kappa shape index (κ1) is 11.0. The van der Waals surface area contributed by atoms with Gasteiger partial charge in [-0.3, -0.25) is 0 Å². The Labute approximate surface area is 92.4 Å². The molecule has 0 fully saturated rings. The molecule has 1 nitrogen and oxygen atoms in total. The number of hydrogen-bond donors (Lipinski definition) is 0. The van der Waals surface area contributed by atoms with Gasteiger partial charge < -0.3 is 4.74 Å². The van der Waals surface area contributed by atoms with Crippen LogP contribution < -0.4 is 4.74 Å². The predicted octanol–water partition coefficient (Wildman–Crippen LogP) is 3.74. The molecule has 0 heterocycles. The van der Waals surface area contributed by atoms with E-state index in [9.17, 15) is 0 Å². The molecule has 0 aliphatic carbocycles. The van der Waals surface area contributed by atoms with Crippen molar-refractivity contribution in [3.05, 3.63) is 28.2 Å². The van der Waals surface area contributed by atoms with Gasteiger partial charge in [-0.15, -0.1) is 0 Å². The van der Waals surface area contributed by atoms with Crippen LogP contribution in [0.1, 0.15) is 0 Å². The summed E-state index contributed by atoms with van der Waals surface area (Å²) in [5.41, 5.74) is 0. The zero-order valence-corrected chi connectivity index (χ0v) is 9.55. The van der Waals surface area contributed by atoms with E-state index < -0.39 is 0 Å². The number of rotatable bonds is 4. The van der Waals surface area contributed by atoms with Crippen LogP contribution in [0.3, 0.4) is 0 Å². The van der Waals surface area contributed by atoms with Crippen molar-refractivity contribution in [3.63, 3.8) is 0 Å². The maximum Gasteiger partial charge on any atom is 0.122 e. The van der Waals surface area contributed by atoms with E-state index in [0.717, 1.165) is 11.5 Å². The van der Waals surface area contributed by atoms with Gasteiger partial charge in [0, 0.05) is 15.8 Å². The summed E-state index contributed by atoms with van der Waals surface area (Å²) in [5, 5.41) is 1.21. The molecule has 1 aromatic carbocycles. The van der Waals surface area contributed by atoms with E-state index in [4.69, 9.17) is 27.9 Å². The Bertz CT molecular complexity index is 258. The van der Waals surface area contributed by atoms with Crippen LogP contribution in [0.2, 0.25) is 10.0 Å². The summed E-state index contributed by atoms with van der Waals surface area (Å²) in [6.45, 7) is 0.678. The first-order valence-corrected chi connectivity index (χ1v) is 5.95. The average Bonchev–Trinajstić information content (AvgIpc) is 2.03. The second-order valence-corrected chi connectivity index (χ2v) is 4.30. The zero-order valence-electron chi connectivity index (χ0n) is 7.22. The van der Waals surface area contributed by atoms with Crippen molar-refractivity contribution in [1.29, 1.82) is 0 Å². The topological polar surface area (TPSA) is 9.23 Å². The summed E-state index contributed by atoms with van der Waals surface area (Å²) >= 11 is 13.3. The molecule has 0 aliphatic rings. The van der Waals surface area contributed by atoms with Crippen molar-refractivity contribution in [1.82, 2.24) is 0 Å². The first-order valence-electron chi connectivity index (χ1n) is 3.80. The minimum absolute atomic E-state index is 0.603. The molecule has 0 unspecified atom stereocenters. The van der Waals surface area contributed by atoms with Gasteiger partial charge in [0.2, 0.25) is 0 Å². The number of halogens is 2. The van der Waals surface area contributed by atoms with Crippen molar-refractivity contribution in [2.75, 3.05) is 18.6 Å². The first-order chi connectivity index (χ1) is 6.22. The Morgan fingerprint density at radius 2 is 1.85 bits per heavy atom. The van der Waals surface area contributed by atoms with E-state index in [2.05, 4.69) is 0 Å². The highest BCUT2D eigenvalue weighted by Gasteiger charge is 1.98. The fraction of sp³-hybridized carbons (Fsp3) is 0.333. The van der Waals surface area contributed by atoms with Gasteiger partial charge in [0.25, 0.3) is 0 Å². The zero-order chi connectivity index (χ0) is 9.68. The summed E-state index contributed by atoms with van der Waals surface area (Å²) in [7, 11) is 0. The number of hydrogen-bond acceptors (Lipinski definition) is 2. The molecule has 1 rings (SSSR count). The van der Waals surface area contributed by atoms with Crippen LogP contribution in [0.15, 0.2) is 18.2 Å². The van der Waals surface area contributed by atoms with Crippen molar-refractivity contribution in [2.45, 2.75) is 0 Å². The SMILES string of the molecule is CSCCOc1cc(Cl)cc(Cl)c1. The van der Waals surface area contributed by atoms with Crippen LogP contribution in [0.4, 0.5) is 0 Å². The molecule has 0 saturated heterocycles. The molecular formula is C9H10Cl2OS. The smallest absolute Gasteiger partial charge is 0.122 e. The van der Waals surface area contributed by atoms with Gasteiger partial charge in [0.15, 0.2) is 0 Å². The predicted molar refractivity (Wildman–Crippen MR) is 60.3 cm³/mol. The van der Waals surface area contributed by atoms with Crippen molar-refractivity contribution >= 4 is 35.0 Å². The lowest BCUT2D eigenvalue weighted by atomic mass is 10.3. The van der Waals surface area contributed by atoms with Gasteiger partial charge in [-0.25, -0.2) is 0 Å². The third-order valence-corrected chi connectivity index (χ3v) is 2.40. The molecule has 0 bridgehead atoms. The highest BCUT2D eigenvalue weighted by atomic mass is 35.5. The Balaban J connectivity index is 2.56. The quantitative estimate of drug-likeness (QED) is 0.738. The lowest BCUT2D eigenvalue weighted by Gasteiger charge is -2.05. The van der Waals surface area contributed by atoms with Gasteiger partial charge >= 0.3 is 0 Å². The molecule has 72 valence electrons. The van der Waals surface area contributed by atoms with Crippen LogP contribution in [-0.2, 0) is 0 Å². The Morgan fingerprint density at radius 1 is 1.23 bits per heavy atom. The molecule has 0 spiro atoms. The van der Waals surface area contributed by atoms with Gasteiger partial charge in [-0.2, -0.15) is 11.8 Å². The highest BCUT2D eigenvalue weighted by Crippen LogP contribution is 2.24. The highest BCUT2D eigenvalue weighted by molar-refractivity contribution is 7.98. The fourth-order valence-corrected chi connectivity index (χ4v) is 1.61. The van der Waals surface area contributed by atoms with E-state index in [1.807, 2.05) is 6.26 Å². The largest absolute Gasteiger partial charge is 0.493 e. The second kappa shape index (κ2) is 5.63. The summed E-state index contributed by atoms with van der Waals surface area (Å²) < 4.78 is 5.42. The average molecular weight is 237 g/mol. The molecule has 0 N–H and O–H groups in total. The monoisotopic (exact) mass is 236 g/mol. The fourth-order valence-electron chi connectivity index (χ4n) is 0.855. The Morgan fingerprint density at radius 3 is 2.38 bits per heavy atom. The molecule has 0 amide bonds. The summed E-state index contributed by atoms with van der Waals surface area (Å²) in [4.78, 5) is 0. The van der Waals surface area contributed by atoms with Crippen molar-refractivity contribution < 1.29 is 4.74 Å². The lowest BCUT2D eigenvalue weighted by Crippen LogP contribution is -1.99. The number of benzene rings is 1. The van der Waals surface area contributed by atoms with E-state index in [0.29, 0.717) is 16.7 Å². The third kappa shape index (κ3) is 4.12. The second-order valence-electron chi connectivity index (χ2n) is 2.45. The molecule has 0 saturated carbocycles. The lowest BCUT2D eigenvalue weighted by molar-refractivity contribution is 0.344. The van der Waals surface area contributed by atoms with Gasteiger partial charge in [0.1, 0.15) is 5.75 Å². The molecule has 0 aromatic heterocycles. The Kier molecular flexibility index (Phi) is 4.78. The molecule has 0 atom stereocenters. The van der Waals surface area contributed by atoms with Crippen LogP contribution in [0, 0.1) is 0 Å². The summed E-state index contributed by atoms with van der Waals surface area (Å²) in [6, 6.07) is 5.20. The molecule has 0 radical (unpaired) electrons. The van der Waals surface area contributed by atoms with Crippen LogP contribution in [-0.4, -0.2) is 18.6 Å². The van der Waals surface area contributed by atoms with E-state index in [1.54, 1.807) is 30.0 Å². The van der Waals surface area contributed by atoms with Crippen LogP contribution in [0.25, 0.3) is 0 Å². The number of ether oxygens (including phenoxy) is 1. The molecular weight excluding hydrogens is 227 g/mol. The van der Waals surface area contributed by atoms with E-state index >= 15 is 0 Å². The summed E-state index contributed by atoms with van der Waals surface area (Å²) in [6.07, 6.45) is 2.04. The van der Waals surface area contributed by atoms with Gasteiger partial charge in [-0.1, -0.05) is 23.2 Å². The maximum atomic E-state index is 5.79. The van der Waals surface area contributed by atoms with Crippen LogP contribution in [0.5, 0.6) is 5.75 Å². The van der Waals surface area contributed by atoms with Gasteiger partial charge in [0.05, 0.1) is 6.61 Å². The number of thioether (sulfide) groups is 1. The molecule has 13 heavy (non-hydrogen) atoms. The van der Waals surface area contributed by atoms with Crippen molar-refractivity contribution in [3.8, 4) is 5.75 Å². The standard InChI is InChI=1S/C9H10Cl2OS/c1-13-3-2-12-9-5-7(10)4-8(11)6-9/h4-6H,2-3H2,1H3. The third-order valence-electron chi connectivity index (χ3n) is 1.39. The maximum absolute atomic E-state index is 5.79. The molecule has 1 aromatic rings. The molecule has 4 heteroatoms. The molecule has 0 aliphatic heterocycles. The van der Waals surface area contributed by atoms with E-state index in [-0.39, 0.29) is 0 Å². The minimum Gasteiger partial charge on any atom is -0.493 e.